The van der Waals surface area contributed by atoms with Gasteiger partial charge in [-0.05, 0) is 27.1 Å². The Labute approximate surface area is 92.6 Å². The topological polar surface area (TPSA) is 27.7 Å². The van der Waals surface area contributed by atoms with E-state index in [1.165, 1.54) is 19.5 Å². The molecule has 4 heteroatoms. The molecular formula is C11H23N3O. The number of nitrogens with one attached hydrogen (secondary N) is 1. The summed E-state index contributed by atoms with van der Waals surface area (Å²) in [6.45, 7) is 6.44. The molecule has 0 radical (unpaired) electrons. The summed E-state index contributed by atoms with van der Waals surface area (Å²) < 4.78 is 5.58. The molecule has 0 saturated carbocycles. The van der Waals surface area contributed by atoms with E-state index >= 15 is 0 Å². The van der Waals surface area contributed by atoms with Crippen LogP contribution in [0.15, 0.2) is 0 Å². The van der Waals surface area contributed by atoms with Crippen molar-refractivity contribution in [3.63, 3.8) is 0 Å². The van der Waals surface area contributed by atoms with E-state index in [9.17, 15) is 0 Å². The van der Waals surface area contributed by atoms with Crippen molar-refractivity contribution in [2.45, 2.75) is 18.5 Å². The van der Waals surface area contributed by atoms with E-state index in [0.29, 0.717) is 6.04 Å². The molecule has 0 unspecified atom stereocenters. The zero-order valence-electron chi connectivity index (χ0n) is 9.91. The van der Waals surface area contributed by atoms with Crippen LogP contribution in [0.1, 0.15) is 6.42 Å². The number of hydrogen-bond donors (Lipinski definition) is 1. The Kier molecular flexibility index (Phi) is 3.97. The summed E-state index contributed by atoms with van der Waals surface area (Å²) in [6, 6.07) is 1.40. The van der Waals surface area contributed by atoms with Gasteiger partial charge in [0.1, 0.15) is 0 Å². The molecule has 88 valence electrons. The lowest BCUT2D eigenvalue weighted by atomic mass is 10.0. The van der Waals surface area contributed by atoms with Crippen LogP contribution in [0.3, 0.4) is 0 Å². The molecule has 2 rings (SSSR count). The van der Waals surface area contributed by atoms with Crippen molar-refractivity contribution in [1.82, 2.24) is 15.1 Å². The second kappa shape index (κ2) is 5.25. The Bertz CT molecular complexity index is 194. The summed E-state index contributed by atoms with van der Waals surface area (Å²) in [5.41, 5.74) is 0. The molecule has 0 aliphatic carbocycles. The van der Waals surface area contributed by atoms with Crippen LogP contribution in [0.4, 0.5) is 0 Å². The highest BCUT2D eigenvalue weighted by atomic mass is 16.5. The number of ether oxygens (including phenoxy) is 1. The zero-order chi connectivity index (χ0) is 10.7. The fourth-order valence-corrected chi connectivity index (χ4v) is 2.31. The Hall–Kier alpha value is -0.160. The van der Waals surface area contributed by atoms with Crippen LogP contribution in [-0.2, 0) is 4.74 Å². The van der Waals surface area contributed by atoms with Gasteiger partial charge in [0.2, 0.25) is 0 Å². The minimum atomic E-state index is 0.633. The average Bonchev–Trinajstić information content (AvgIpc) is 2.14. The molecule has 0 aromatic heterocycles. The van der Waals surface area contributed by atoms with E-state index < -0.39 is 0 Å². The van der Waals surface area contributed by atoms with Gasteiger partial charge in [0, 0.05) is 31.7 Å². The Morgan fingerprint density at radius 3 is 2.80 bits per heavy atom. The maximum Gasteiger partial charge on any atom is 0.0623 e. The van der Waals surface area contributed by atoms with Gasteiger partial charge in [-0.25, -0.2) is 0 Å². The minimum Gasteiger partial charge on any atom is -0.378 e. The first-order valence-electron chi connectivity index (χ1n) is 5.96. The molecular weight excluding hydrogens is 190 g/mol. The highest BCUT2D eigenvalue weighted by molar-refractivity contribution is 4.90. The predicted octanol–water partition coefficient (Wildman–Crippen LogP) is -0.389. The molecule has 0 spiro atoms. The first-order chi connectivity index (χ1) is 7.27. The summed E-state index contributed by atoms with van der Waals surface area (Å²) in [7, 11) is 4.28. The van der Waals surface area contributed by atoms with Gasteiger partial charge in [0.05, 0.1) is 13.2 Å². The molecule has 4 nitrogen and oxygen atoms in total. The largest absolute Gasteiger partial charge is 0.378 e. The number of rotatable bonds is 4. The monoisotopic (exact) mass is 213 g/mol. The second-order valence-corrected chi connectivity index (χ2v) is 4.87. The molecule has 15 heavy (non-hydrogen) atoms. The summed E-state index contributed by atoms with van der Waals surface area (Å²) in [5, 5.41) is 3.35. The fraction of sp³-hybridized carbons (Fsp3) is 1.00. The van der Waals surface area contributed by atoms with Gasteiger partial charge in [-0.1, -0.05) is 0 Å². The van der Waals surface area contributed by atoms with Gasteiger partial charge in [0.15, 0.2) is 0 Å². The smallest absolute Gasteiger partial charge is 0.0623 e. The number of hydrogen-bond acceptors (Lipinski definition) is 4. The zero-order valence-corrected chi connectivity index (χ0v) is 9.91. The maximum atomic E-state index is 5.58. The van der Waals surface area contributed by atoms with E-state index in [1.54, 1.807) is 0 Å². The second-order valence-electron chi connectivity index (χ2n) is 4.87. The lowest BCUT2D eigenvalue weighted by Gasteiger charge is -2.45. The van der Waals surface area contributed by atoms with Gasteiger partial charge >= 0.3 is 0 Å². The fourth-order valence-electron chi connectivity index (χ4n) is 2.31. The molecule has 2 heterocycles. The molecule has 1 N–H and O–H groups in total. The predicted molar refractivity (Wildman–Crippen MR) is 61.1 cm³/mol. The Balaban J connectivity index is 1.82. The lowest BCUT2D eigenvalue weighted by Crippen LogP contribution is -2.63. The average molecular weight is 213 g/mol. The lowest BCUT2D eigenvalue weighted by molar-refractivity contribution is -0.0433. The molecule has 1 atom stereocenters. The summed E-state index contributed by atoms with van der Waals surface area (Å²) in [4.78, 5) is 4.90. The van der Waals surface area contributed by atoms with Crippen LogP contribution >= 0.6 is 0 Å². The van der Waals surface area contributed by atoms with Gasteiger partial charge in [-0.3, -0.25) is 4.90 Å². The summed E-state index contributed by atoms with van der Waals surface area (Å²) in [6.07, 6.45) is 1.23. The van der Waals surface area contributed by atoms with E-state index in [1.807, 2.05) is 0 Å². The van der Waals surface area contributed by atoms with Crippen LogP contribution in [0, 0.1) is 0 Å². The van der Waals surface area contributed by atoms with Crippen LogP contribution in [-0.4, -0.2) is 75.4 Å². The van der Waals surface area contributed by atoms with Crippen molar-refractivity contribution in [1.29, 1.82) is 0 Å². The Morgan fingerprint density at radius 2 is 2.20 bits per heavy atom. The number of morpholine rings is 1. The molecule has 0 aromatic rings. The molecule has 0 aromatic carbocycles. The van der Waals surface area contributed by atoms with Crippen molar-refractivity contribution in [3.05, 3.63) is 0 Å². The van der Waals surface area contributed by atoms with E-state index in [-0.39, 0.29) is 0 Å². The normalized spacial score (nSPS) is 29.4. The van der Waals surface area contributed by atoms with Crippen LogP contribution in [0.2, 0.25) is 0 Å². The quantitative estimate of drug-likeness (QED) is 0.688. The van der Waals surface area contributed by atoms with Crippen molar-refractivity contribution in [3.8, 4) is 0 Å². The van der Waals surface area contributed by atoms with Crippen LogP contribution in [0.5, 0.6) is 0 Å². The van der Waals surface area contributed by atoms with Crippen LogP contribution in [0.25, 0.3) is 0 Å². The third-order valence-corrected chi connectivity index (χ3v) is 3.41. The summed E-state index contributed by atoms with van der Waals surface area (Å²) in [5.74, 6) is 0. The molecule has 0 amide bonds. The van der Waals surface area contributed by atoms with Gasteiger partial charge in [0.25, 0.3) is 0 Å². The van der Waals surface area contributed by atoms with E-state index in [0.717, 1.165) is 32.3 Å². The molecule has 0 bridgehead atoms. The molecule has 2 fully saturated rings. The molecule has 2 saturated heterocycles. The highest BCUT2D eigenvalue weighted by Crippen LogP contribution is 2.16. The first-order valence-corrected chi connectivity index (χ1v) is 5.96. The SMILES string of the molecule is CN(C)CC[C@@H]1COCCN1C1CNC1. The van der Waals surface area contributed by atoms with Gasteiger partial charge < -0.3 is 15.0 Å². The van der Waals surface area contributed by atoms with Crippen LogP contribution < -0.4 is 5.32 Å². The van der Waals surface area contributed by atoms with Crippen molar-refractivity contribution >= 4 is 0 Å². The van der Waals surface area contributed by atoms with E-state index in [2.05, 4.69) is 29.2 Å². The van der Waals surface area contributed by atoms with Crippen molar-refractivity contribution in [2.24, 2.45) is 0 Å². The van der Waals surface area contributed by atoms with E-state index in [4.69, 9.17) is 4.74 Å². The van der Waals surface area contributed by atoms with Gasteiger partial charge in [-0.15, -0.1) is 0 Å². The third kappa shape index (κ3) is 2.91. The molecule has 2 aliphatic rings. The third-order valence-electron chi connectivity index (χ3n) is 3.41. The standard InChI is InChI=1S/C11H23N3O/c1-13(2)4-3-10-9-15-6-5-14(10)11-7-12-8-11/h10-12H,3-9H2,1-2H3/t10-/m1/s1. The maximum absolute atomic E-state index is 5.58. The number of nitrogens with zero attached hydrogens (tertiary/aromatic N) is 2. The minimum absolute atomic E-state index is 0.633. The van der Waals surface area contributed by atoms with Gasteiger partial charge in [-0.2, -0.15) is 0 Å². The molecule has 2 aliphatic heterocycles. The van der Waals surface area contributed by atoms with Crippen molar-refractivity contribution in [2.75, 3.05) is 53.5 Å². The first kappa shape index (κ1) is 11.3. The summed E-state index contributed by atoms with van der Waals surface area (Å²) >= 11 is 0. The van der Waals surface area contributed by atoms with Crippen molar-refractivity contribution < 1.29 is 4.74 Å². The highest BCUT2D eigenvalue weighted by Gasteiger charge is 2.32. The Morgan fingerprint density at radius 1 is 1.40 bits per heavy atom.